The van der Waals surface area contributed by atoms with Gasteiger partial charge in [0.1, 0.15) is 0 Å². The second-order valence-electron chi connectivity index (χ2n) is 5.28. The Hall–Kier alpha value is -2.57. The topological polar surface area (TPSA) is 94.0 Å². The highest BCUT2D eigenvalue weighted by Crippen LogP contribution is 2.05. The molecule has 7 heteroatoms. The van der Waals surface area contributed by atoms with Crippen LogP contribution in [0.15, 0.2) is 35.3 Å². The minimum Gasteiger partial charge on any atom is -0.481 e. The number of aryl methyl sites for hydroxylation is 1. The molecule has 1 heterocycles. The molecule has 0 unspecified atom stereocenters. The molecule has 1 aromatic carbocycles. The monoisotopic (exact) mass is 318 g/mol. The maximum Gasteiger partial charge on any atom is 0.305 e. The van der Waals surface area contributed by atoms with Gasteiger partial charge in [0.25, 0.3) is 0 Å². The summed E-state index contributed by atoms with van der Waals surface area (Å²) in [5.41, 5.74) is 1.09. The summed E-state index contributed by atoms with van der Waals surface area (Å²) in [5.74, 6) is -0.329. The van der Waals surface area contributed by atoms with Crippen molar-refractivity contribution in [2.45, 2.75) is 19.3 Å². The molecule has 3 N–H and O–H groups in total. The number of nitrogens with one attached hydrogen (secondary N) is 2. The van der Waals surface area contributed by atoms with Crippen molar-refractivity contribution in [3.8, 4) is 0 Å². The van der Waals surface area contributed by atoms with E-state index in [-0.39, 0.29) is 25.5 Å². The highest BCUT2D eigenvalue weighted by molar-refractivity contribution is 5.82. The van der Waals surface area contributed by atoms with Crippen LogP contribution in [-0.4, -0.2) is 54.1 Å². The number of benzene rings is 1. The van der Waals surface area contributed by atoms with Crippen molar-refractivity contribution < 1.29 is 14.7 Å². The first kappa shape index (κ1) is 16.8. The minimum absolute atomic E-state index is 0.0683. The Labute approximate surface area is 135 Å². The number of carbonyl (C=O) groups is 2. The molecule has 124 valence electrons. The van der Waals surface area contributed by atoms with Crippen LogP contribution < -0.4 is 10.6 Å². The van der Waals surface area contributed by atoms with Gasteiger partial charge in [-0.15, -0.1) is 0 Å². The molecular weight excluding hydrogens is 296 g/mol. The molecule has 0 saturated carbocycles. The molecule has 7 nitrogen and oxygen atoms in total. The van der Waals surface area contributed by atoms with Crippen molar-refractivity contribution in [2.75, 3.05) is 26.3 Å². The van der Waals surface area contributed by atoms with Crippen LogP contribution in [-0.2, 0) is 16.0 Å². The van der Waals surface area contributed by atoms with E-state index in [4.69, 9.17) is 5.11 Å². The van der Waals surface area contributed by atoms with Crippen molar-refractivity contribution >= 4 is 17.8 Å². The first-order valence-corrected chi connectivity index (χ1v) is 7.71. The van der Waals surface area contributed by atoms with Crippen molar-refractivity contribution in [1.29, 1.82) is 0 Å². The number of carboxylic acid groups (broad SMARTS) is 1. The number of rotatable bonds is 8. The van der Waals surface area contributed by atoms with Gasteiger partial charge in [0.15, 0.2) is 5.96 Å². The number of hydrogen-bond acceptors (Lipinski definition) is 5. The van der Waals surface area contributed by atoms with Gasteiger partial charge < -0.3 is 20.6 Å². The van der Waals surface area contributed by atoms with E-state index in [9.17, 15) is 9.59 Å². The molecule has 0 bridgehead atoms. The normalized spacial score (nSPS) is 13.1. The lowest BCUT2D eigenvalue weighted by Gasteiger charge is -2.23. The van der Waals surface area contributed by atoms with E-state index < -0.39 is 5.97 Å². The standard InChI is InChI=1S/C16H22N4O3/c21-14(7-6-13-4-2-1-3-5-13)20(11-8-15(22)23)12-19-16-17-9-10-18-16/h1-5H,6-12H2,(H,22,23)(H2,17,18,19). The molecular formula is C16H22N4O3. The molecule has 0 radical (unpaired) electrons. The predicted octanol–water partition coefficient (Wildman–Crippen LogP) is 0.429. The fraction of sp³-hybridized carbons (Fsp3) is 0.438. The second-order valence-corrected chi connectivity index (χ2v) is 5.28. The number of guanidine groups is 1. The number of amides is 1. The summed E-state index contributed by atoms with van der Waals surface area (Å²) in [4.78, 5) is 28.9. The first-order chi connectivity index (χ1) is 11.1. The van der Waals surface area contributed by atoms with Crippen molar-refractivity contribution in [1.82, 2.24) is 15.5 Å². The van der Waals surface area contributed by atoms with Crippen LogP contribution in [0, 0.1) is 0 Å². The van der Waals surface area contributed by atoms with E-state index in [1.54, 1.807) is 0 Å². The van der Waals surface area contributed by atoms with Crippen LogP contribution in [0.2, 0.25) is 0 Å². The van der Waals surface area contributed by atoms with E-state index in [2.05, 4.69) is 15.6 Å². The van der Waals surface area contributed by atoms with Gasteiger partial charge in [-0.1, -0.05) is 30.3 Å². The number of aliphatic imine (C=N–C) groups is 1. The Kier molecular flexibility index (Phi) is 6.40. The Morgan fingerprint density at radius 1 is 1.26 bits per heavy atom. The van der Waals surface area contributed by atoms with Gasteiger partial charge in [-0.25, -0.2) is 0 Å². The number of hydrogen-bond donors (Lipinski definition) is 3. The zero-order valence-electron chi connectivity index (χ0n) is 13.0. The fourth-order valence-electron chi connectivity index (χ4n) is 2.26. The summed E-state index contributed by atoms with van der Waals surface area (Å²) in [5, 5.41) is 14.9. The fourth-order valence-corrected chi connectivity index (χ4v) is 2.26. The summed E-state index contributed by atoms with van der Waals surface area (Å²) in [6, 6.07) is 9.76. The molecule has 23 heavy (non-hydrogen) atoms. The Morgan fingerprint density at radius 3 is 2.70 bits per heavy atom. The van der Waals surface area contributed by atoms with Gasteiger partial charge in [-0.3, -0.25) is 14.6 Å². The van der Waals surface area contributed by atoms with Gasteiger partial charge in [-0.2, -0.15) is 0 Å². The molecule has 2 rings (SSSR count). The lowest BCUT2D eigenvalue weighted by Crippen LogP contribution is -2.45. The van der Waals surface area contributed by atoms with E-state index in [1.807, 2.05) is 30.3 Å². The highest BCUT2D eigenvalue weighted by atomic mass is 16.4. The summed E-state index contributed by atoms with van der Waals surface area (Å²) in [6.07, 6.45) is 0.923. The van der Waals surface area contributed by atoms with E-state index in [0.717, 1.165) is 12.1 Å². The van der Waals surface area contributed by atoms with Crippen molar-refractivity contribution in [3.05, 3.63) is 35.9 Å². The maximum absolute atomic E-state index is 12.4. The molecule has 0 aromatic heterocycles. The van der Waals surface area contributed by atoms with Gasteiger partial charge in [0, 0.05) is 19.5 Å². The quantitative estimate of drug-likeness (QED) is 0.604. The van der Waals surface area contributed by atoms with Crippen LogP contribution >= 0.6 is 0 Å². The molecule has 0 saturated heterocycles. The zero-order chi connectivity index (χ0) is 16.5. The van der Waals surface area contributed by atoms with Crippen LogP contribution in [0.25, 0.3) is 0 Å². The molecule has 1 amide bonds. The van der Waals surface area contributed by atoms with Crippen LogP contribution in [0.1, 0.15) is 18.4 Å². The van der Waals surface area contributed by atoms with Gasteiger partial charge >= 0.3 is 5.97 Å². The largest absolute Gasteiger partial charge is 0.481 e. The lowest BCUT2D eigenvalue weighted by molar-refractivity contribution is -0.138. The third-order valence-electron chi connectivity index (χ3n) is 3.53. The van der Waals surface area contributed by atoms with Crippen LogP contribution in [0.5, 0.6) is 0 Å². The Balaban J connectivity index is 1.85. The molecule has 0 fully saturated rings. The summed E-state index contributed by atoms with van der Waals surface area (Å²) in [6.45, 7) is 1.93. The van der Waals surface area contributed by atoms with Gasteiger partial charge in [0.05, 0.1) is 19.6 Å². The average Bonchev–Trinajstić information content (AvgIpc) is 3.07. The molecule has 1 aromatic rings. The second kappa shape index (κ2) is 8.77. The number of carboxylic acids is 1. The predicted molar refractivity (Wildman–Crippen MR) is 87.0 cm³/mol. The van der Waals surface area contributed by atoms with E-state index in [1.165, 1.54) is 4.90 Å². The van der Waals surface area contributed by atoms with Gasteiger partial charge in [0.2, 0.25) is 5.91 Å². The van der Waals surface area contributed by atoms with E-state index in [0.29, 0.717) is 25.3 Å². The van der Waals surface area contributed by atoms with Crippen LogP contribution in [0.4, 0.5) is 0 Å². The summed E-state index contributed by atoms with van der Waals surface area (Å²) < 4.78 is 0. The average molecular weight is 318 g/mol. The zero-order valence-corrected chi connectivity index (χ0v) is 13.0. The summed E-state index contributed by atoms with van der Waals surface area (Å²) in [7, 11) is 0. The summed E-state index contributed by atoms with van der Waals surface area (Å²) >= 11 is 0. The van der Waals surface area contributed by atoms with E-state index >= 15 is 0 Å². The number of aliphatic carboxylic acids is 1. The van der Waals surface area contributed by atoms with Gasteiger partial charge in [-0.05, 0) is 12.0 Å². The first-order valence-electron chi connectivity index (χ1n) is 7.71. The number of nitrogens with zero attached hydrogens (tertiary/aromatic N) is 2. The number of carbonyl (C=O) groups excluding carboxylic acids is 1. The molecule has 0 aliphatic carbocycles. The molecule has 0 spiro atoms. The van der Waals surface area contributed by atoms with Crippen molar-refractivity contribution in [3.63, 3.8) is 0 Å². The molecule has 1 aliphatic rings. The highest BCUT2D eigenvalue weighted by Gasteiger charge is 2.16. The van der Waals surface area contributed by atoms with Crippen molar-refractivity contribution in [2.24, 2.45) is 4.99 Å². The minimum atomic E-state index is -0.915. The Bertz CT molecular complexity index is 560. The third-order valence-corrected chi connectivity index (χ3v) is 3.53. The smallest absolute Gasteiger partial charge is 0.305 e. The SMILES string of the molecule is O=C(O)CCN(CNC1=NCCN1)C(=O)CCc1ccccc1. The third kappa shape index (κ3) is 5.98. The molecule has 0 atom stereocenters. The molecule has 1 aliphatic heterocycles. The van der Waals surface area contributed by atoms with Crippen LogP contribution in [0.3, 0.4) is 0 Å². The lowest BCUT2D eigenvalue weighted by atomic mass is 10.1. The Morgan fingerprint density at radius 2 is 2.04 bits per heavy atom. The maximum atomic E-state index is 12.4.